The molecule has 2 aromatic rings. The van der Waals surface area contributed by atoms with E-state index < -0.39 is 34.9 Å². The first-order chi connectivity index (χ1) is 14.7. The Morgan fingerprint density at radius 1 is 0.968 bits per heavy atom. The minimum absolute atomic E-state index is 0.270. The van der Waals surface area contributed by atoms with Gasteiger partial charge in [-0.15, -0.1) is 0 Å². The molecule has 0 saturated heterocycles. The first-order valence-electron chi connectivity index (χ1n) is 10.3. The van der Waals surface area contributed by atoms with Crippen molar-refractivity contribution in [2.45, 2.75) is 57.7 Å². The van der Waals surface area contributed by atoms with Crippen molar-refractivity contribution in [3.63, 3.8) is 0 Å². The molecule has 0 aromatic heterocycles. The summed E-state index contributed by atoms with van der Waals surface area (Å²) >= 11 is 5.50. The summed E-state index contributed by atoms with van der Waals surface area (Å²) in [6, 6.07) is 4.44. The summed E-state index contributed by atoms with van der Waals surface area (Å²) < 4.78 is 81.2. The third-order valence-corrected chi connectivity index (χ3v) is 5.87. The van der Waals surface area contributed by atoms with Crippen LogP contribution in [0.2, 0.25) is 5.02 Å². The molecule has 3 rings (SSSR count). The molecule has 0 N–H and O–H groups in total. The van der Waals surface area contributed by atoms with Crippen LogP contribution in [0.3, 0.4) is 0 Å². The maximum atomic E-state index is 14.4. The van der Waals surface area contributed by atoms with Crippen LogP contribution in [-0.4, -0.2) is 12.7 Å². The zero-order valence-electron chi connectivity index (χ0n) is 17.1. The van der Waals surface area contributed by atoms with E-state index in [1.54, 1.807) is 0 Å². The van der Waals surface area contributed by atoms with Crippen molar-refractivity contribution in [3.05, 3.63) is 63.9 Å². The van der Waals surface area contributed by atoms with Crippen LogP contribution in [0.1, 0.15) is 50.2 Å². The zero-order valence-corrected chi connectivity index (χ0v) is 17.8. The summed E-state index contributed by atoms with van der Waals surface area (Å²) in [4.78, 5) is 0. The van der Waals surface area contributed by atoms with Gasteiger partial charge in [0.15, 0.2) is 0 Å². The molecule has 0 spiro atoms. The highest BCUT2D eigenvalue weighted by atomic mass is 35.5. The normalized spacial score (nSPS) is 19.5. The summed E-state index contributed by atoms with van der Waals surface area (Å²) in [5.41, 5.74) is -1.21. The smallest absolute Gasteiger partial charge is 0.429 e. The molecular weight excluding hydrogens is 439 g/mol. The highest BCUT2D eigenvalue weighted by molar-refractivity contribution is 6.30. The number of benzene rings is 2. The maximum Gasteiger partial charge on any atom is 0.432 e. The van der Waals surface area contributed by atoms with Crippen molar-refractivity contribution in [3.8, 4) is 5.75 Å². The van der Waals surface area contributed by atoms with Gasteiger partial charge in [-0.05, 0) is 81.2 Å². The van der Waals surface area contributed by atoms with E-state index in [0.29, 0.717) is 37.0 Å². The van der Waals surface area contributed by atoms with E-state index in [-0.39, 0.29) is 11.1 Å². The van der Waals surface area contributed by atoms with Gasteiger partial charge < -0.3 is 9.47 Å². The van der Waals surface area contributed by atoms with Crippen LogP contribution in [0.15, 0.2) is 30.3 Å². The molecule has 0 radical (unpaired) electrons. The van der Waals surface area contributed by atoms with Gasteiger partial charge >= 0.3 is 6.11 Å². The van der Waals surface area contributed by atoms with E-state index in [2.05, 4.69) is 4.74 Å². The Hall–Kier alpha value is -1.86. The van der Waals surface area contributed by atoms with Gasteiger partial charge in [0, 0.05) is 12.7 Å². The number of halogens is 6. The topological polar surface area (TPSA) is 18.5 Å². The lowest BCUT2D eigenvalue weighted by molar-refractivity contribution is -0.189. The van der Waals surface area contributed by atoms with Crippen molar-refractivity contribution < 1.29 is 31.4 Å². The quantitative estimate of drug-likeness (QED) is 0.380. The molecule has 0 bridgehead atoms. The minimum Gasteiger partial charge on any atom is -0.429 e. The summed E-state index contributed by atoms with van der Waals surface area (Å²) in [5.74, 6) is -3.99. The summed E-state index contributed by atoms with van der Waals surface area (Å²) in [6.07, 6.45) is 0.885. The molecule has 0 amide bonds. The van der Waals surface area contributed by atoms with E-state index >= 15 is 0 Å². The van der Waals surface area contributed by atoms with E-state index in [0.717, 1.165) is 49.9 Å². The second kappa shape index (κ2) is 10.2. The third kappa shape index (κ3) is 6.10. The first-order valence-corrected chi connectivity index (χ1v) is 10.7. The lowest BCUT2D eigenvalue weighted by atomic mass is 9.83. The predicted octanol–water partition coefficient (Wildman–Crippen LogP) is 7.41. The summed E-state index contributed by atoms with van der Waals surface area (Å²) in [7, 11) is 0. The zero-order chi connectivity index (χ0) is 22.6. The molecule has 170 valence electrons. The van der Waals surface area contributed by atoms with Crippen LogP contribution in [0.25, 0.3) is 0 Å². The molecule has 1 fully saturated rings. The van der Waals surface area contributed by atoms with E-state index in [1.807, 2.05) is 6.92 Å². The van der Waals surface area contributed by atoms with Gasteiger partial charge in [-0.3, -0.25) is 0 Å². The van der Waals surface area contributed by atoms with Crippen molar-refractivity contribution >= 4 is 11.6 Å². The molecular formula is C23H24ClF5O2. The highest BCUT2D eigenvalue weighted by Crippen LogP contribution is 2.37. The molecule has 0 unspecified atom stereocenters. The number of aryl methyl sites for hydroxylation is 1. The monoisotopic (exact) mass is 462 g/mol. The van der Waals surface area contributed by atoms with Crippen LogP contribution in [0, 0.1) is 23.4 Å². The summed E-state index contributed by atoms with van der Waals surface area (Å²) in [6.45, 7) is 2.64. The Kier molecular flexibility index (Phi) is 7.81. The van der Waals surface area contributed by atoms with Gasteiger partial charge in [-0.1, -0.05) is 11.6 Å². The van der Waals surface area contributed by atoms with Crippen LogP contribution >= 0.6 is 11.6 Å². The molecule has 1 aliphatic carbocycles. The Morgan fingerprint density at radius 2 is 1.61 bits per heavy atom. The highest BCUT2D eigenvalue weighted by Gasteiger charge is 2.41. The Morgan fingerprint density at radius 3 is 2.19 bits per heavy atom. The molecule has 2 aromatic carbocycles. The fraction of sp³-hybridized carbons (Fsp3) is 0.478. The molecule has 1 aliphatic rings. The Balaban J connectivity index is 1.66. The molecule has 8 heteroatoms. The van der Waals surface area contributed by atoms with Gasteiger partial charge in [0.25, 0.3) is 0 Å². The number of hydrogen-bond acceptors (Lipinski definition) is 2. The molecule has 31 heavy (non-hydrogen) atoms. The molecule has 1 saturated carbocycles. The SMILES string of the molecule is CCOC1CCC(CCc2cc(F)c(C(F)(F)Oc3ccc(Cl)c(F)c3)c(F)c2)CC1. The van der Waals surface area contributed by atoms with Crippen LogP contribution in [0.4, 0.5) is 22.0 Å². The maximum absolute atomic E-state index is 14.4. The van der Waals surface area contributed by atoms with E-state index in [4.69, 9.17) is 16.3 Å². The van der Waals surface area contributed by atoms with Gasteiger partial charge in [0.2, 0.25) is 0 Å². The van der Waals surface area contributed by atoms with Crippen LogP contribution in [-0.2, 0) is 17.3 Å². The van der Waals surface area contributed by atoms with E-state index in [9.17, 15) is 22.0 Å². The fourth-order valence-electron chi connectivity index (χ4n) is 3.98. The van der Waals surface area contributed by atoms with Gasteiger partial charge in [-0.2, -0.15) is 8.78 Å². The van der Waals surface area contributed by atoms with Gasteiger partial charge in [0.1, 0.15) is 28.8 Å². The van der Waals surface area contributed by atoms with E-state index in [1.165, 1.54) is 0 Å². The average molecular weight is 463 g/mol. The lowest BCUT2D eigenvalue weighted by Gasteiger charge is -2.28. The first kappa shape index (κ1) is 23.8. The van der Waals surface area contributed by atoms with Crippen LogP contribution < -0.4 is 4.74 Å². The Bertz CT molecular complexity index is 875. The standard InChI is InChI=1S/C23H24ClF5O2/c1-2-30-16-7-5-14(6-8-16)3-4-15-11-20(26)22(21(27)12-15)23(28,29)31-17-9-10-18(24)19(25)13-17/h9-14,16H,2-8H2,1H3. The number of hydrogen-bond donors (Lipinski definition) is 0. The van der Waals surface area contributed by atoms with Crippen LogP contribution in [0.5, 0.6) is 5.75 Å². The molecule has 2 nitrogen and oxygen atoms in total. The lowest BCUT2D eigenvalue weighted by Crippen LogP contribution is -2.25. The third-order valence-electron chi connectivity index (χ3n) is 5.57. The van der Waals surface area contributed by atoms with Crippen molar-refractivity contribution in [1.82, 2.24) is 0 Å². The molecule has 0 atom stereocenters. The predicted molar refractivity (Wildman–Crippen MR) is 108 cm³/mol. The minimum atomic E-state index is -4.33. The van der Waals surface area contributed by atoms with Crippen molar-refractivity contribution in [2.24, 2.45) is 5.92 Å². The van der Waals surface area contributed by atoms with Crippen molar-refractivity contribution in [2.75, 3.05) is 6.61 Å². The summed E-state index contributed by atoms with van der Waals surface area (Å²) in [5, 5.41) is -0.288. The fourth-order valence-corrected chi connectivity index (χ4v) is 4.10. The number of alkyl halides is 2. The average Bonchev–Trinajstić information content (AvgIpc) is 2.69. The number of rotatable bonds is 8. The number of ether oxygens (including phenoxy) is 2. The Labute approximate surface area is 183 Å². The molecule has 0 heterocycles. The second-order valence-corrected chi connectivity index (χ2v) is 8.17. The largest absolute Gasteiger partial charge is 0.432 e. The van der Waals surface area contributed by atoms with Crippen molar-refractivity contribution in [1.29, 1.82) is 0 Å². The van der Waals surface area contributed by atoms with Gasteiger partial charge in [0.05, 0.1) is 11.1 Å². The molecule has 0 aliphatic heterocycles. The second-order valence-electron chi connectivity index (χ2n) is 7.77. The van der Waals surface area contributed by atoms with Gasteiger partial charge in [-0.25, -0.2) is 13.2 Å².